The molecule has 134 valence electrons. The van der Waals surface area contributed by atoms with Gasteiger partial charge < -0.3 is 0 Å². The lowest BCUT2D eigenvalue weighted by atomic mass is 9.71. The van der Waals surface area contributed by atoms with Crippen LogP contribution in [0.1, 0.15) is 39.4 Å². The molecule has 0 aromatic heterocycles. The minimum Gasteiger partial charge on any atom is -0.299 e. The van der Waals surface area contributed by atoms with Gasteiger partial charge in [0.2, 0.25) is 0 Å². The number of hydrogen-bond acceptors (Lipinski definition) is 2. The highest BCUT2D eigenvalue weighted by atomic mass is 16.1. The van der Waals surface area contributed by atoms with Gasteiger partial charge in [0.1, 0.15) is 5.78 Å². The van der Waals surface area contributed by atoms with Gasteiger partial charge in [-0.3, -0.25) is 9.59 Å². The van der Waals surface area contributed by atoms with Crippen LogP contribution in [0.25, 0.3) is 0 Å². The number of rotatable bonds is 5. The molecule has 2 atom stereocenters. The second-order valence-corrected chi connectivity index (χ2v) is 7.23. The van der Waals surface area contributed by atoms with E-state index >= 15 is 0 Å². The molecule has 3 aromatic rings. The summed E-state index contributed by atoms with van der Waals surface area (Å²) in [7, 11) is 0. The Labute approximate surface area is 159 Å². The highest BCUT2D eigenvalue weighted by Gasteiger charge is 2.34. The molecule has 0 aliphatic heterocycles. The predicted octanol–water partition coefficient (Wildman–Crippen LogP) is 5.03. The van der Waals surface area contributed by atoms with Crippen LogP contribution in [0.5, 0.6) is 0 Å². The Hall–Kier alpha value is -3.00. The summed E-state index contributed by atoms with van der Waals surface area (Å²) in [5, 5.41) is 0. The standard InChI is InChI=1S/C25H22O2/c26-24(19-11-5-2-6-12-19)17-22(18-9-3-1-4-10-18)23-15-20-13-7-8-14-21(20)16-25(23)27/h1-14,22-23H,15-17H2. The van der Waals surface area contributed by atoms with Crippen LogP contribution < -0.4 is 0 Å². The van der Waals surface area contributed by atoms with E-state index in [4.69, 9.17) is 0 Å². The number of hydrogen-bond donors (Lipinski definition) is 0. The van der Waals surface area contributed by atoms with Crippen molar-refractivity contribution >= 4 is 11.6 Å². The van der Waals surface area contributed by atoms with Gasteiger partial charge in [-0.05, 0) is 23.1 Å². The topological polar surface area (TPSA) is 34.1 Å². The van der Waals surface area contributed by atoms with Gasteiger partial charge >= 0.3 is 0 Å². The van der Waals surface area contributed by atoms with Crippen molar-refractivity contribution in [3.05, 3.63) is 107 Å². The van der Waals surface area contributed by atoms with Crippen molar-refractivity contribution in [2.75, 3.05) is 0 Å². The fourth-order valence-electron chi connectivity index (χ4n) is 4.10. The van der Waals surface area contributed by atoms with Gasteiger partial charge in [0.05, 0.1) is 0 Å². The minimum absolute atomic E-state index is 0.0936. The third kappa shape index (κ3) is 3.75. The second-order valence-electron chi connectivity index (χ2n) is 7.23. The summed E-state index contributed by atoms with van der Waals surface area (Å²) >= 11 is 0. The van der Waals surface area contributed by atoms with Crippen LogP contribution in [-0.2, 0) is 17.6 Å². The number of carbonyl (C=O) groups is 2. The Bertz CT molecular complexity index is 944. The van der Waals surface area contributed by atoms with Crippen molar-refractivity contribution in [3.63, 3.8) is 0 Å². The maximum atomic E-state index is 13.0. The van der Waals surface area contributed by atoms with Crippen LogP contribution in [0.2, 0.25) is 0 Å². The zero-order chi connectivity index (χ0) is 18.6. The van der Waals surface area contributed by atoms with E-state index in [1.54, 1.807) is 0 Å². The van der Waals surface area contributed by atoms with E-state index in [0.717, 1.165) is 11.1 Å². The van der Waals surface area contributed by atoms with E-state index in [1.165, 1.54) is 5.56 Å². The summed E-state index contributed by atoms with van der Waals surface area (Å²) in [4.78, 5) is 25.9. The summed E-state index contributed by atoms with van der Waals surface area (Å²) < 4.78 is 0. The Balaban J connectivity index is 1.67. The first-order valence-electron chi connectivity index (χ1n) is 9.45. The first-order chi connectivity index (χ1) is 13.2. The fourth-order valence-corrected chi connectivity index (χ4v) is 4.10. The van der Waals surface area contributed by atoms with Gasteiger partial charge in [-0.25, -0.2) is 0 Å². The summed E-state index contributed by atoms with van der Waals surface area (Å²) in [5.74, 6) is 0.0780. The van der Waals surface area contributed by atoms with Crippen molar-refractivity contribution in [1.82, 2.24) is 0 Å². The Morgan fingerprint density at radius 1 is 0.815 bits per heavy atom. The predicted molar refractivity (Wildman–Crippen MR) is 107 cm³/mol. The summed E-state index contributed by atoms with van der Waals surface area (Å²) in [6.07, 6.45) is 1.52. The Kier molecular flexibility index (Phi) is 4.97. The van der Waals surface area contributed by atoms with Gasteiger partial charge in [0.15, 0.2) is 5.78 Å². The molecule has 0 amide bonds. The number of ketones is 2. The molecule has 0 saturated heterocycles. The van der Waals surface area contributed by atoms with Crippen LogP contribution in [0.15, 0.2) is 84.9 Å². The maximum Gasteiger partial charge on any atom is 0.163 e. The van der Waals surface area contributed by atoms with Crippen LogP contribution in [0.3, 0.4) is 0 Å². The number of benzene rings is 3. The van der Waals surface area contributed by atoms with Crippen LogP contribution in [-0.4, -0.2) is 11.6 Å². The summed E-state index contributed by atoms with van der Waals surface area (Å²) in [6.45, 7) is 0. The smallest absolute Gasteiger partial charge is 0.163 e. The zero-order valence-electron chi connectivity index (χ0n) is 15.2. The van der Waals surface area contributed by atoms with Crippen LogP contribution >= 0.6 is 0 Å². The lowest BCUT2D eigenvalue weighted by molar-refractivity contribution is -0.123. The SMILES string of the molecule is O=C(CC(c1ccccc1)C1Cc2ccccc2CC1=O)c1ccccc1. The molecule has 2 nitrogen and oxygen atoms in total. The average Bonchev–Trinajstić information content (AvgIpc) is 2.73. The first kappa shape index (κ1) is 17.4. The van der Waals surface area contributed by atoms with Crippen molar-refractivity contribution < 1.29 is 9.59 Å². The lowest BCUT2D eigenvalue weighted by Gasteiger charge is -2.30. The van der Waals surface area contributed by atoms with Gasteiger partial charge in [0.25, 0.3) is 0 Å². The molecule has 0 spiro atoms. The van der Waals surface area contributed by atoms with Gasteiger partial charge in [0, 0.05) is 30.2 Å². The highest BCUT2D eigenvalue weighted by Crippen LogP contribution is 2.36. The number of carbonyl (C=O) groups excluding carboxylic acids is 2. The fraction of sp³-hybridized carbons (Fsp3) is 0.200. The average molecular weight is 354 g/mol. The summed E-state index contributed by atoms with van der Waals surface area (Å²) in [6, 6.07) is 27.5. The molecule has 0 N–H and O–H groups in total. The third-order valence-corrected chi connectivity index (χ3v) is 5.55. The maximum absolute atomic E-state index is 13.0. The molecule has 1 aliphatic rings. The molecule has 27 heavy (non-hydrogen) atoms. The van der Waals surface area contributed by atoms with Crippen molar-refractivity contribution in [3.8, 4) is 0 Å². The van der Waals surface area contributed by atoms with Crippen molar-refractivity contribution in [2.45, 2.75) is 25.2 Å². The molecule has 1 aliphatic carbocycles. The molecule has 0 fully saturated rings. The first-order valence-corrected chi connectivity index (χ1v) is 9.45. The normalized spacial score (nSPS) is 17.2. The number of fused-ring (bicyclic) bond motifs is 1. The van der Waals surface area contributed by atoms with E-state index in [0.29, 0.717) is 24.8 Å². The molecule has 4 rings (SSSR count). The van der Waals surface area contributed by atoms with Gasteiger partial charge in [-0.15, -0.1) is 0 Å². The molecule has 2 heteroatoms. The van der Waals surface area contributed by atoms with Crippen molar-refractivity contribution in [2.24, 2.45) is 5.92 Å². The quantitative estimate of drug-likeness (QED) is 0.602. The van der Waals surface area contributed by atoms with Gasteiger partial charge in [-0.1, -0.05) is 84.9 Å². The number of Topliss-reactive ketones (excluding diaryl/α,β-unsaturated/α-hetero) is 2. The van der Waals surface area contributed by atoms with Gasteiger partial charge in [-0.2, -0.15) is 0 Å². The zero-order valence-corrected chi connectivity index (χ0v) is 15.2. The molecule has 0 bridgehead atoms. The van der Waals surface area contributed by atoms with Crippen LogP contribution in [0.4, 0.5) is 0 Å². The third-order valence-electron chi connectivity index (χ3n) is 5.55. The lowest BCUT2D eigenvalue weighted by Crippen LogP contribution is -2.31. The Morgan fingerprint density at radius 2 is 1.41 bits per heavy atom. The molecule has 2 unspecified atom stereocenters. The summed E-state index contributed by atoms with van der Waals surface area (Å²) in [5.41, 5.74) is 4.14. The molecule has 0 radical (unpaired) electrons. The van der Waals surface area contributed by atoms with E-state index in [-0.39, 0.29) is 23.4 Å². The Morgan fingerprint density at radius 3 is 2.11 bits per heavy atom. The minimum atomic E-state index is -0.157. The van der Waals surface area contributed by atoms with Crippen LogP contribution in [0, 0.1) is 5.92 Å². The van der Waals surface area contributed by atoms with E-state index in [1.807, 2.05) is 78.9 Å². The van der Waals surface area contributed by atoms with E-state index in [2.05, 4.69) is 6.07 Å². The molecule has 0 heterocycles. The van der Waals surface area contributed by atoms with E-state index in [9.17, 15) is 9.59 Å². The molecule has 3 aromatic carbocycles. The largest absolute Gasteiger partial charge is 0.299 e. The molecular formula is C25H22O2. The second kappa shape index (κ2) is 7.71. The molecule has 0 saturated carbocycles. The van der Waals surface area contributed by atoms with Crippen molar-refractivity contribution in [1.29, 1.82) is 0 Å². The molecular weight excluding hydrogens is 332 g/mol. The monoisotopic (exact) mass is 354 g/mol. The highest BCUT2D eigenvalue weighted by molar-refractivity contribution is 5.97. The van der Waals surface area contributed by atoms with E-state index < -0.39 is 0 Å².